The number of ether oxygens (including phenoxy) is 1. The van der Waals surface area contributed by atoms with Gasteiger partial charge in [-0.2, -0.15) is 0 Å². The van der Waals surface area contributed by atoms with E-state index in [0.29, 0.717) is 5.13 Å². The summed E-state index contributed by atoms with van der Waals surface area (Å²) in [6.07, 6.45) is 0. The molecule has 1 aromatic heterocycles. The van der Waals surface area contributed by atoms with Gasteiger partial charge in [-0.25, -0.2) is 4.98 Å². The minimum atomic E-state index is 0.633. The molecule has 5 nitrogen and oxygen atoms in total. The van der Waals surface area contributed by atoms with Crippen LogP contribution >= 0.6 is 11.3 Å². The summed E-state index contributed by atoms with van der Waals surface area (Å²) in [5.74, 6) is 0.815. The first-order valence-electron chi connectivity index (χ1n) is 8.21. The molecule has 0 unspecified atom stereocenters. The molecule has 0 fully saturated rings. The minimum absolute atomic E-state index is 0.633. The van der Waals surface area contributed by atoms with Crippen molar-refractivity contribution in [2.24, 2.45) is 10.2 Å². The van der Waals surface area contributed by atoms with Gasteiger partial charge in [0.15, 0.2) is 0 Å². The highest BCUT2D eigenvalue weighted by Gasteiger charge is 2.08. The molecule has 0 aliphatic heterocycles. The topological polar surface area (TPSA) is 50.1 Å². The van der Waals surface area contributed by atoms with Crippen LogP contribution < -0.4 is 9.64 Å². The van der Waals surface area contributed by atoms with Gasteiger partial charge in [0.1, 0.15) is 5.75 Å². The van der Waals surface area contributed by atoms with Crippen LogP contribution in [0, 0.1) is 0 Å². The summed E-state index contributed by atoms with van der Waals surface area (Å²) in [6, 6.07) is 18.1. The fourth-order valence-electron chi connectivity index (χ4n) is 2.90. The van der Waals surface area contributed by atoms with Gasteiger partial charge < -0.3 is 9.64 Å². The number of anilines is 1. The Labute approximate surface area is 155 Å². The zero-order valence-electron chi connectivity index (χ0n) is 14.8. The molecule has 0 radical (unpaired) electrons. The van der Waals surface area contributed by atoms with Crippen LogP contribution in [0.3, 0.4) is 0 Å². The molecule has 0 bridgehead atoms. The largest absolute Gasteiger partial charge is 0.497 e. The van der Waals surface area contributed by atoms with Crippen LogP contribution in [-0.4, -0.2) is 26.2 Å². The Hall–Kier alpha value is -2.99. The highest BCUT2D eigenvalue weighted by atomic mass is 32.1. The summed E-state index contributed by atoms with van der Waals surface area (Å²) < 4.78 is 6.29. The maximum atomic E-state index is 5.26. The first-order valence-corrected chi connectivity index (χ1v) is 9.03. The Morgan fingerprint density at radius 1 is 0.962 bits per heavy atom. The van der Waals surface area contributed by atoms with E-state index in [2.05, 4.69) is 38.3 Å². The number of rotatable bonds is 4. The zero-order valence-corrected chi connectivity index (χ0v) is 15.6. The van der Waals surface area contributed by atoms with Crippen LogP contribution in [-0.2, 0) is 0 Å². The van der Waals surface area contributed by atoms with E-state index in [1.165, 1.54) is 11.3 Å². The van der Waals surface area contributed by atoms with E-state index in [-0.39, 0.29) is 0 Å². The lowest BCUT2D eigenvalue weighted by Crippen LogP contribution is -2.08. The quantitative estimate of drug-likeness (QED) is 0.422. The summed E-state index contributed by atoms with van der Waals surface area (Å²) in [5, 5.41) is 11.7. The fraction of sp³-hybridized carbons (Fsp3) is 0.150. The SMILES string of the molecule is COc1ccc2nc(/N=N/c3ccc(N(C)C)c4ccccc34)sc2c1. The number of methoxy groups -OCH3 is 1. The number of hydrogen-bond donors (Lipinski definition) is 0. The first-order chi connectivity index (χ1) is 12.7. The van der Waals surface area contributed by atoms with Crippen LogP contribution in [0.15, 0.2) is 64.8 Å². The molecule has 0 aliphatic carbocycles. The molecular formula is C20H18N4OS. The second-order valence-corrected chi connectivity index (χ2v) is 7.08. The standard InChI is InChI=1S/C20H18N4OS/c1-24(2)18-11-10-16(14-6-4-5-7-15(14)18)22-23-20-21-17-9-8-13(25-3)12-19(17)26-20/h4-12H,1-3H3/b23-22+. The number of aromatic nitrogens is 1. The van der Waals surface area contributed by atoms with Gasteiger partial charge in [-0.05, 0) is 30.3 Å². The van der Waals surface area contributed by atoms with Gasteiger partial charge in [0.25, 0.3) is 0 Å². The van der Waals surface area contributed by atoms with Crippen molar-refractivity contribution in [3.05, 3.63) is 54.6 Å². The van der Waals surface area contributed by atoms with E-state index in [1.54, 1.807) is 7.11 Å². The second kappa shape index (κ2) is 6.72. The van der Waals surface area contributed by atoms with Crippen LogP contribution in [0.4, 0.5) is 16.5 Å². The average molecular weight is 362 g/mol. The summed E-state index contributed by atoms with van der Waals surface area (Å²) in [7, 11) is 5.74. The molecule has 0 N–H and O–H groups in total. The number of nitrogens with zero attached hydrogens (tertiary/aromatic N) is 4. The van der Waals surface area contributed by atoms with Crippen molar-refractivity contribution in [3.63, 3.8) is 0 Å². The monoisotopic (exact) mass is 362 g/mol. The Morgan fingerprint density at radius 2 is 1.77 bits per heavy atom. The van der Waals surface area contributed by atoms with E-state index >= 15 is 0 Å². The Bertz CT molecular complexity index is 1120. The average Bonchev–Trinajstić information content (AvgIpc) is 3.07. The molecule has 0 aliphatic rings. The zero-order chi connectivity index (χ0) is 18.1. The summed E-state index contributed by atoms with van der Waals surface area (Å²) in [5.41, 5.74) is 2.90. The van der Waals surface area contributed by atoms with Crippen molar-refractivity contribution < 1.29 is 4.74 Å². The van der Waals surface area contributed by atoms with Crippen molar-refractivity contribution in [3.8, 4) is 5.75 Å². The third-order valence-corrected chi connectivity index (χ3v) is 5.09. The van der Waals surface area contributed by atoms with Gasteiger partial charge >= 0.3 is 0 Å². The maximum Gasteiger partial charge on any atom is 0.231 e. The third kappa shape index (κ3) is 2.99. The predicted molar refractivity (Wildman–Crippen MR) is 109 cm³/mol. The molecule has 0 saturated carbocycles. The Kier molecular flexibility index (Phi) is 4.26. The van der Waals surface area contributed by atoms with E-state index < -0.39 is 0 Å². The molecule has 3 aromatic carbocycles. The number of fused-ring (bicyclic) bond motifs is 2. The highest BCUT2D eigenvalue weighted by Crippen LogP contribution is 2.35. The summed E-state index contributed by atoms with van der Waals surface area (Å²) in [6.45, 7) is 0. The predicted octanol–water partition coefficient (Wildman–Crippen LogP) is 5.94. The van der Waals surface area contributed by atoms with Crippen molar-refractivity contribution in [1.82, 2.24) is 4.98 Å². The van der Waals surface area contributed by atoms with Crippen molar-refractivity contribution in [1.29, 1.82) is 0 Å². The number of azo groups is 1. The van der Waals surface area contributed by atoms with Crippen molar-refractivity contribution in [2.45, 2.75) is 0 Å². The van der Waals surface area contributed by atoms with Crippen LogP contribution in [0.25, 0.3) is 21.0 Å². The minimum Gasteiger partial charge on any atom is -0.497 e. The van der Waals surface area contributed by atoms with E-state index in [4.69, 9.17) is 4.74 Å². The lowest BCUT2D eigenvalue weighted by atomic mass is 10.1. The van der Waals surface area contributed by atoms with Gasteiger partial charge in [0, 0.05) is 30.6 Å². The highest BCUT2D eigenvalue weighted by molar-refractivity contribution is 7.21. The smallest absolute Gasteiger partial charge is 0.231 e. The van der Waals surface area contributed by atoms with Gasteiger partial charge in [-0.15, -0.1) is 10.2 Å². The van der Waals surface area contributed by atoms with Gasteiger partial charge in [0.05, 0.1) is 23.0 Å². The van der Waals surface area contributed by atoms with Gasteiger partial charge in [-0.1, -0.05) is 35.6 Å². The van der Waals surface area contributed by atoms with E-state index in [1.807, 2.05) is 50.5 Å². The van der Waals surface area contributed by atoms with Gasteiger partial charge in [-0.3, -0.25) is 0 Å². The molecule has 0 saturated heterocycles. The fourth-order valence-corrected chi connectivity index (χ4v) is 3.72. The van der Waals surface area contributed by atoms with Crippen molar-refractivity contribution >= 4 is 48.8 Å². The molecule has 0 atom stereocenters. The number of benzene rings is 3. The number of hydrogen-bond acceptors (Lipinski definition) is 6. The lowest BCUT2D eigenvalue weighted by molar-refractivity contribution is 0.415. The number of thiazole rings is 1. The summed E-state index contributed by atoms with van der Waals surface area (Å²) >= 11 is 1.50. The van der Waals surface area contributed by atoms with Gasteiger partial charge in [0.2, 0.25) is 5.13 Å². The van der Waals surface area contributed by atoms with E-state index in [9.17, 15) is 0 Å². The molecule has 1 heterocycles. The first kappa shape index (κ1) is 16.5. The lowest BCUT2D eigenvalue weighted by Gasteiger charge is -2.16. The van der Waals surface area contributed by atoms with Crippen LogP contribution in [0.5, 0.6) is 5.75 Å². The van der Waals surface area contributed by atoms with Crippen LogP contribution in [0.1, 0.15) is 0 Å². The molecule has 4 rings (SSSR count). The van der Waals surface area contributed by atoms with Crippen LogP contribution in [0.2, 0.25) is 0 Å². The Balaban J connectivity index is 1.74. The third-order valence-electron chi connectivity index (χ3n) is 4.19. The second-order valence-electron chi connectivity index (χ2n) is 6.07. The summed E-state index contributed by atoms with van der Waals surface area (Å²) in [4.78, 5) is 6.62. The molecule has 0 spiro atoms. The Morgan fingerprint density at radius 3 is 2.54 bits per heavy atom. The molecule has 6 heteroatoms. The molecular weight excluding hydrogens is 344 g/mol. The molecule has 4 aromatic rings. The van der Waals surface area contributed by atoms with E-state index in [0.717, 1.165) is 38.1 Å². The molecule has 0 amide bonds. The maximum absolute atomic E-state index is 5.26. The van der Waals surface area contributed by atoms with Crippen molar-refractivity contribution in [2.75, 3.05) is 26.1 Å². The molecule has 26 heavy (non-hydrogen) atoms. The normalized spacial score (nSPS) is 11.5. The molecule has 130 valence electrons.